The van der Waals surface area contributed by atoms with Gasteiger partial charge in [0.15, 0.2) is 5.17 Å². The molecular weight excluding hydrogens is 260 g/mol. The Morgan fingerprint density at radius 2 is 2.39 bits per heavy atom. The predicted octanol–water partition coefficient (Wildman–Crippen LogP) is 3.38. The number of hydrogen-bond donors (Lipinski definition) is 1. The summed E-state index contributed by atoms with van der Waals surface area (Å²) in [6, 6.07) is 0. The smallest absolute Gasteiger partial charge is 0.157 e. The molecule has 1 aliphatic carbocycles. The van der Waals surface area contributed by atoms with Gasteiger partial charge in [-0.15, -0.1) is 0 Å². The Morgan fingerprint density at radius 1 is 1.44 bits per heavy atom. The largest absolute Gasteiger partial charge is 0.359 e. The van der Waals surface area contributed by atoms with E-state index in [0.717, 1.165) is 18.4 Å². The Morgan fingerprint density at radius 3 is 3.17 bits per heavy atom. The van der Waals surface area contributed by atoms with Crippen molar-refractivity contribution in [1.29, 1.82) is 0 Å². The lowest BCUT2D eigenvalue weighted by Gasteiger charge is -2.36. The minimum Gasteiger partial charge on any atom is -0.359 e. The van der Waals surface area contributed by atoms with Crippen LogP contribution in [0.25, 0.3) is 0 Å². The van der Waals surface area contributed by atoms with Crippen LogP contribution in [0.15, 0.2) is 4.99 Å². The molecule has 2 heterocycles. The number of rotatable bonds is 2. The third-order valence-electron chi connectivity index (χ3n) is 4.47. The Hall–Kier alpha value is 0.170. The van der Waals surface area contributed by atoms with E-state index >= 15 is 0 Å². The molecule has 2 aliphatic heterocycles. The van der Waals surface area contributed by atoms with Crippen molar-refractivity contribution in [2.24, 2.45) is 16.8 Å². The fraction of sp³-hybridized carbons (Fsp3) is 0.929. The van der Waals surface area contributed by atoms with Gasteiger partial charge in [-0.1, -0.05) is 31.5 Å². The molecule has 18 heavy (non-hydrogen) atoms. The molecule has 0 aromatic carbocycles. The molecule has 3 unspecified atom stereocenters. The number of amidine groups is 1. The molecular formula is C14H24N2S2. The first-order chi connectivity index (χ1) is 8.76. The average molecular weight is 284 g/mol. The van der Waals surface area contributed by atoms with Crippen LogP contribution in [0.1, 0.15) is 39.0 Å². The van der Waals surface area contributed by atoms with Crippen LogP contribution in [0.5, 0.6) is 0 Å². The van der Waals surface area contributed by atoms with E-state index in [-0.39, 0.29) is 0 Å². The van der Waals surface area contributed by atoms with Crippen LogP contribution in [0.2, 0.25) is 0 Å². The van der Waals surface area contributed by atoms with Crippen LogP contribution >= 0.6 is 23.5 Å². The van der Waals surface area contributed by atoms with Crippen molar-refractivity contribution >= 4 is 28.7 Å². The van der Waals surface area contributed by atoms with Crippen LogP contribution in [-0.2, 0) is 0 Å². The van der Waals surface area contributed by atoms with Crippen molar-refractivity contribution in [3.05, 3.63) is 0 Å². The van der Waals surface area contributed by atoms with Crippen molar-refractivity contribution in [2.75, 3.05) is 23.8 Å². The SMILES string of the molecule is CC1CCCC2(CSC(=NCC3CCSC3)N2)C1. The molecule has 3 rings (SSSR count). The Bertz CT molecular complexity index is 326. The van der Waals surface area contributed by atoms with Crippen molar-refractivity contribution in [3.8, 4) is 0 Å². The van der Waals surface area contributed by atoms with E-state index < -0.39 is 0 Å². The first-order valence-electron chi connectivity index (χ1n) is 7.29. The maximum atomic E-state index is 4.83. The lowest BCUT2D eigenvalue weighted by atomic mass is 9.78. The predicted molar refractivity (Wildman–Crippen MR) is 83.7 cm³/mol. The summed E-state index contributed by atoms with van der Waals surface area (Å²) in [6.45, 7) is 3.45. The highest BCUT2D eigenvalue weighted by Gasteiger charge is 2.40. The maximum Gasteiger partial charge on any atom is 0.157 e. The normalized spacial score (nSPS) is 42.6. The highest BCUT2D eigenvalue weighted by molar-refractivity contribution is 8.14. The fourth-order valence-electron chi connectivity index (χ4n) is 3.43. The summed E-state index contributed by atoms with van der Waals surface area (Å²) in [4.78, 5) is 4.83. The second-order valence-electron chi connectivity index (χ2n) is 6.27. The van der Waals surface area contributed by atoms with Crippen molar-refractivity contribution in [1.82, 2.24) is 5.32 Å². The van der Waals surface area contributed by atoms with E-state index in [1.165, 1.54) is 54.5 Å². The zero-order valence-corrected chi connectivity index (χ0v) is 12.9. The topological polar surface area (TPSA) is 24.4 Å². The molecule has 1 spiro atoms. The molecule has 0 aromatic heterocycles. The summed E-state index contributed by atoms with van der Waals surface area (Å²) in [5, 5.41) is 5.00. The van der Waals surface area contributed by atoms with Crippen molar-refractivity contribution in [2.45, 2.75) is 44.6 Å². The monoisotopic (exact) mass is 284 g/mol. The summed E-state index contributed by atoms with van der Waals surface area (Å²) in [5.74, 6) is 5.64. The standard InChI is InChI=1S/C14H24N2S2/c1-11-3-2-5-14(7-11)10-18-13(16-14)15-8-12-4-6-17-9-12/h11-12H,2-10H2,1H3,(H,15,16). The highest BCUT2D eigenvalue weighted by Crippen LogP contribution is 2.38. The number of nitrogens with zero attached hydrogens (tertiary/aromatic N) is 1. The quantitative estimate of drug-likeness (QED) is 0.841. The molecule has 3 fully saturated rings. The van der Waals surface area contributed by atoms with Gasteiger partial charge in [-0.25, -0.2) is 0 Å². The average Bonchev–Trinajstić information content (AvgIpc) is 2.97. The molecule has 3 aliphatic rings. The van der Waals surface area contributed by atoms with E-state index in [1.807, 2.05) is 11.8 Å². The number of thioether (sulfide) groups is 2. The molecule has 3 atom stereocenters. The van der Waals surface area contributed by atoms with Gasteiger partial charge >= 0.3 is 0 Å². The molecule has 0 amide bonds. The summed E-state index contributed by atoms with van der Waals surface area (Å²) in [6.07, 6.45) is 6.87. The van der Waals surface area contributed by atoms with Gasteiger partial charge in [0, 0.05) is 17.8 Å². The number of aliphatic imine (C=N–C) groups is 1. The van der Waals surface area contributed by atoms with Crippen molar-refractivity contribution in [3.63, 3.8) is 0 Å². The van der Waals surface area contributed by atoms with Gasteiger partial charge in [-0.05, 0) is 42.6 Å². The van der Waals surface area contributed by atoms with Gasteiger partial charge < -0.3 is 5.32 Å². The van der Waals surface area contributed by atoms with E-state index in [0.29, 0.717) is 5.54 Å². The van der Waals surface area contributed by atoms with Crippen LogP contribution in [0.4, 0.5) is 0 Å². The molecule has 0 radical (unpaired) electrons. The lowest BCUT2D eigenvalue weighted by molar-refractivity contribution is 0.242. The second kappa shape index (κ2) is 5.66. The Balaban J connectivity index is 1.55. The van der Waals surface area contributed by atoms with E-state index in [9.17, 15) is 0 Å². The van der Waals surface area contributed by atoms with E-state index in [4.69, 9.17) is 4.99 Å². The molecule has 1 saturated carbocycles. The van der Waals surface area contributed by atoms with Crippen LogP contribution in [-0.4, -0.2) is 34.5 Å². The van der Waals surface area contributed by atoms with Crippen molar-refractivity contribution < 1.29 is 0 Å². The Labute approximate surface area is 119 Å². The minimum atomic E-state index is 0.394. The van der Waals surface area contributed by atoms with Gasteiger partial charge in [0.1, 0.15) is 0 Å². The molecule has 0 bridgehead atoms. The second-order valence-corrected chi connectivity index (χ2v) is 8.38. The molecule has 0 aromatic rings. The van der Waals surface area contributed by atoms with Gasteiger partial charge in [0.2, 0.25) is 0 Å². The molecule has 1 N–H and O–H groups in total. The number of nitrogens with one attached hydrogen (secondary N) is 1. The van der Waals surface area contributed by atoms with Crippen LogP contribution < -0.4 is 5.32 Å². The minimum absolute atomic E-state index is 0.394. The van der Waals surface area contributed by atoms with Gasteiger partial charge in [-0.2, -0.15) is 11.8 Å². The lowest BCUT2D eigenvalue weighted by Crippen LogP contribution is -2.47. The van der Waals surface area contributed by atoms with E-state index in [2.05, 4.69) is 24.0 Å². The first-order valence-corrected chi connectivity index (χ1v) is 9.43. The summed E-state index contributed by atoms with van der Waals surface area (Å²) >= 11 is 4.06. The Kier molecular flexibility index (Phi) is 4.14. The van der Waals surface area contributed by atoms with E-state index in [1.54, 1.807) is 0 Å². The first kappa shape index (κ1) is 13.2. The third kappa shape index (κ3) is 3.01. The highest BCUT2D eigenvalue weighted by atomic mass is 32.2. The molecule has 102 valence electrons. The molecule has 2 nitrogen and oxygen atoms in total. The fourth-order valence-corrected chi connectivity index (χ4v) is 5.91. The van der Waals surface area contributed by atoms with Gasteiger partial charge in [-0.3, -0.25) is 4.99 Å². The van der Waals surface area contributed by atoms with Crippen LogP contribution in [0.3, 0.4) is 0 Å². The maximum absolute atomic E-state index is 4.83. The zero-order chi connectivity index (χ0) is 12.4. The zero-order valence-electron chi connectivity index (χ0n) is 11.3. The van der Waals surface area contributed by atoms with Gasteiger partial charge in [0.25, 0.3) is 0 Å². The summed E-state index contributed by atoms with van der Waals surface area (Å²) < 4.78 is 0. The van der Waals surface area contributed by atoms with Crippen LogP contribution in [0, 0.1) is 11.8 Å². The molecule has 2 saturated heterocycles. The third-order valence-corrected chi connectivity index (χ3v) is 6.90. The van der Waals surface area contributed by atoms with Gasteiger partial charge in [0.05, 0.1) is 0 Å². The summed E-state index contributed by atoms with van der Waals surface area (Å²) in [7, 11) is 0. The molecule has 4 heteroatoms. The summed E-state index contributed by atoms with van der Waals surface area (Å²) in [5.41, 5.74) is 0.394. The number of hydrogen-bond acceptors (Lipinski definition) is 3.